The van der Waals surface area contributed by atoms with Crippen LogP contribution in [0.15, 0.2) is 42.5 Å². The highest BCUT2D eigenvalue weighted by Gasteiger charge is 2.08. The summed E-state index contributed by atoms with van der Waals surface area (Å²) < 4.78 is 18.8. The fourth-order valence-corrected chi connectivity index (χ4v) is 1.96. The summed E-state index contributed by atoms with van der Waals surface area (Å²) in [4.78, 5) is 0. The van der Waals surface area contributed by atoms with Crippen molar-refractivity contribution < 1.29 is 9.13 Å². The van der Waals surface area contributed by atoms with E-state index in [2.05, 4.69) is 0 Å². The number of halogens is 2. The molecular formula is C15H15ClFNO. The van der Waals surface area contributed by atoms with Gasteiger partial charge in [-0.15, -0.1) is 0 Å². The lowest BCUT2D eigenvalue weighted by molar-refractivity contribution is 0.472. The first-order chi connectivity index (χ1) is 9.06. The van der Waals surface area contributed by atoms with Crippen molar-refractivity contribution in [2.45, 2.75) is 19.4 Å². The molecule has 0 radical (unpaired) electrons. The summed E-state index contributed by atoms with van der Waals surface area (Å²) >= 11 is 5.73. The lowest BCUT2D eigenvalue weighted by atomic mass is 10.1. The molecule has 2 aromatic rings. The van der Waals surface area contributed by atoms with Crippen molar-refractivity contribution in [2.24, 2.45) is 5.73 Å². The first kappa shape index (κ1) is 13.8. The van der Waals surface area contributed by atoms with Crippen LogP contribution in [0.2, 0.25) is 5.02 Å². The molecule has 19 heavy (non-hydrogen) atoms. The molecule has 1 unspecified atom stereocenters. The van der Waals surface area contributed by atoms with E-state index in [4.69, 9.17) is 22.1 Å². The minimum Gasteiger partial charge on any atom is -0.457 e. The molecule has 0 spiro atoms. The van der Waals surface area contributed by atoms with E-state index in [0.717, 1.165) is 5.56 Å². The third-order valence-electron chi connectivity index (χ3n) is 2.63. The van der Waals surface area contributed by atoms with E-state index in [0.29, 0.717) is 17.9 Å². The minimum atomic E-state index is -0.460. The molecule has 0 aromatic heterocycles. The predicted molar refractivity (Wildman–Crippen MR) is 75.3 cm³/mol. The zero-order valence-corrected chi connectivity index (χ0v) is 11.3. The molecule has 0 aliphatic rings. The van der Waals surface area contributed by atoms with Crippen LogP contribution in [-0.4, -0.2) is 6.04 Å². The Bertz CT molecular complexity index is 572. The van der Waals surface area contributed by atoms with Gasteiger partial charge < -0.3 is 10.5 Å². The second-order valence-corrected chi connectivity index (χ2v) is 4.87. The maximum absolute atomic E-state index is 13.1. The van der Waals surface area contributed by atoms with Crippen molar-refractivity contribution in [3.05, 3.63) is 58.9 Å². The van der Waals surface area contributed by atoms with Crippen LogP contribution in [0.25, 0.3) is 0 Å². The zero-order valence-electron chi connectivity index (χ0n) is 10.6. The summed E-state index contributed by atoms with van der Waals surface area (Å²) in [6.45, 7) is 1.94. The van der Waals surface area contributed by atoms with E-state index < -0.39 is 5.82 Å². The molecular weight excluding hydrogens is 265 g/mol. The Kier molecular flexibility index (Phi) is 4.40. The summed E-state index contributed by atoms with van der Waals surface area (Å²) in [7, 11) is 0. The van der Waals surface area contributed by atoms with Crippen LogP contribution in [0.4, 0.5) is 4.39 Å². The van der Waals surface area contributed by atoms with E-state index in [9.17, 15) is 4.39 Å². The Morgan fingerprint density at radius 2 is 2.00 bits per heavy atom. The molecule has 0 aliphatic carbocycles. The maximum Gasteiger partial charge on any atom is 0.142 e. The molecule has 2 aromatic carbocycles. The largest absolute Gasteiger partial charge is 0.457 e. The number of hydrogen-bond acceptors (Lipinski definition) is 2. The lowest BCUT2D eigenvalue weighted by Gasteiger charge is -2.13. The molecule has 0 fully saturated rings. The number of hydrogen-bond donors (Lipinski definition) is 1. The first-order valence-corrected chi connectivity index (χ1v) is 6.40. The van der Waals surface area contributed by atoms with Gasteiger partial charge in [0.05, 0.1) is 5.02 Å². The predicted octanol–water partition coefficient (Wildman–Crippen LogP) is 4.16. The second kappa shape index (κ2) is 6.04. The molecule has 0 bridgehead atoms. The molecule has 0 saturated carbocycles. The normalized spacial score (nSPS) is 12.2. The third kappa shape index (κ3) is 3.69. The third-order valence-corrected chi connectivity index (χ3v) is 2.92. The van der Waals surface area contributed by atoms with Gasteiger partial charge in [0, 0.05) is 12.1 Å². The van der Waals surface area contributed by atoms with Crippen molar-refractivity contribution in [3.8, 4) is 11.5 Å². The molecule has 2 nitrogen and oxygen atoms in total. The summed E-state index contributed by atoms with van der Waals surface area (Å²) in [5.41, 5.74) is 6.82. The van der Waals surface area contributed by atoms with Crippen LogP contribution in [0.3, 0.4) is 0 Å². The molecule has 4 heteroatoms. The van der Waals surface area contributed by atoms with Crippen molar-refractivity contribution in [1.82, 2.24) is 0 Å². The fourth-order valence-electron chi connectivity index (χ4n) is 1.79. The number of benzene rings is 2. The molecule has 1 atom stereocenters. The van der Waals surface area contributed by atoms with Gasteiger partial charge in [-0.25, -0.2) is 4.39 Å². The van der Waals surface area contributed by atoms with Crippen molar-refractivity contribution in [3.63, 3.8) is 0 Å². The Balaban J connectivity index is 2.25. The molecule has 0 saturated heterocycles. The Morgan fingerprint density at radius 1 is 1.26 bits per heavy atom. The molecule has 0 amide bonds. The van der Waals surface area contributed by atoms with Crippen LogP contribution in [0, 0.1) is 5.82 Å². The second-order valence-electron chi connectivity index (χ2n) is 4.47. The van der Waals surface area contributed by atoms with E-state index in [1.165, 1.54) is 12.1 Å². The molecule has 0 heterocycles. The molecule has 0 aliphatic heterocycles. The average Bonchev–Trinajstić information content (AvgIpc) is 2.36. The van der Waals surface area contributed by atoms with Gasteiger partial charge in [-0.1, -0.05) is 29.8 Å². The molecule has 2 rings (SSSR count). The molecule has 2 N–H and O–H groups in total. The highest BCUT2D eigenvalue weighted by atomic mass is 35.5. The SMILES string of the molecule is CC(N)Cc1ccccc1Oc1ccc(F)c(Cl)c1. The van der Waals surface area contributed by atoms with E-state index in [1.807, 2.05) is 31.2 Å². The van der Waals surface area contributed by atoms with Crippen LogP contribution in [-0.2, 0) is 6.42 Å². The Morgan fingerprint density at radius 3 is 2.68 bits per heavy atom. The average molecular weight is 280 g/mol. The standard InChI is InChI=1S/C15H15ClFNO/c1-10(18)8-11-4-2-3-5-15(11)19-12-6-7-14(17)13(16)9-12/h2-7,9-10H,8,18H2,1H3. The smallest absolute Gasteiger partial charge is 0.142 e. The van der Waals surface area contributed by atoms with E-state index in [1.54, 1.807) is 6.07 Å². The van der Waals surface area contributed by atoms with E-state index in [-0.39, 0.29) is 11.1 Å². The van der Waals surface area contributed by atoms with Gasteiger partial charge in [-0.3, -0.25) is 0 Å². The van der Waals surface area contributed by atoms with E-state index >= 15 is 0 Å². The molecule has 100 valence electrons. The summed E-state index contributed by atoms with van der Waals surface area (Å²) in [5, 5.41) is 0.0437. The lowest BCUT2D eigenvalue weighted by Crippen LogP contribution is -2.18. The van der Waals surface area contributed by atoms with Crippen LogP contribution in [0.1, 0.15) is 12.5 Å². The van der Waals surface area contributed by atoms with Crippen molar-refractivity contribution >= 4 is 11.6 Å². The van der Waals surface area contributed by atoms with Gasteiger partial charge in [0.2, 0.25) is 0 Å². The summed E-state index contributed by atoms with van der Waals surface area (Å²) in [5.74, 6) is 0.754. The highest BCUT2D eigenvalue weighted by molar-refractivity contribution is 6.30. The van der Waals surface area contributed by atoms with Crippen LogP contribution in [0.5, 0.6) is 11.5 Å². The van der Waals surface area contributed by atoms with Crippen LogP contribution >= 0.6 is 11.6 Å². The fraction of sp³-hybridized carbons (Fsp3) is 0.200. The number of rotatable bonds is 4. The monoisotopic (exact) mass is 279 g/mol. The topological polar surface area (TPSA) is 35.2 Å². The van der Waals surface area contributed by atoms with Crippen LogP contribution < -0.4 is 10.5 Å². The van der Waals surface area contributed by atoms with Gasteiger partial charge >= 0.3 is 0 Å². The highest BCUT2D eigenvalue weighted by Crippen LogP contribution is 2.28. The van der Waals surface area contributed by atoms with Crippen molar-refractivity contribution in [1.29, 1.82) is 0 Å². The number of nitrogens with two attached hydrogens (primary N) is 1. The van der Waals surface area contributed by atoms with Crippen molar-refractivity contribution in [2.75, 3.05) is 0 Å². The number of ether oxygens (including phenoxy) is 1. The quantitative estimate of drug-likeness (QED) is 0.912. The Labute approximate surface area is 117 Å². The van der Waals surface area contributed by atoms with Gasteiger partial charge in [0.25, 0.3) is 0 Å². The van der Waals surface area contributed by atoms with Gasteiger partial charge in [-0.2, -0.15) is 0 Å². The summed E-state index contributed by atoms with van der Waals surface area (Å²) in [6.07, 6.45) is 0.713. The zero-order chi connectivity index (χ0) is 13.8. The Hall–Kier alpha value is -1.58. The maximum atomic E-state index is 13.1. The van der Waals surface area contributed by atoms with Gasteiger partial charge in [0.1, 0.15) is 17.3 Å². The summed E-state index contributed by atoms with van der Waals surface area (Å²) in [6, 6.07) is 12.0. The minimum absolute atomic E-state index is 0.0431. The first-order valence-electron chi connectivity index (χ1n) is 6.02. The number of para-hydroxylation sites is 1. The van der Waals surface area contributed by atoms with Gasteiger partial charge in [0.15, 0.2) is 0 Å². The van der Waals surface area contributed by atoms with Gasteiger partial charge in [-0.05, 0) is 37.1 Å².